The van der Waals surface area contributed by atoms with Crippen molar-refractivity contribution >= 4 is 44.4 Å². The lowest BCUT2D eigenvalue weighted by molar-refractivity contribution is -0.129. The van der Waals surface area contributed by atoms with Crippen molar-refractivity contribution in [2.24, 2.45) is 0 Å². The van der Waals surface area contributed by atoms with Gasteiger partial charge in [-0.15, -0.1) is 0 Å². The number of benzene rings is 1. The molecule has 2 aromatic heterocycles. The summed E-state index contributed by atoms with van der Waals surface area (Å²) in [6, 6.07) is 6.34. The quantitative estimate of drug-likeness (QED) is 0.502. The average molecular weight is 513 g/mol. The van der Waals surface area contributed by atoms with Gasteiger partial charge in [0.15, 0.2) is 0 Å². The fraction of sp³-hybridized carbons (Fsp3) is 0.333. The number of hydrogen-bond donors (Lipinski definition) is 0. The standard InChI is InChI=1S/C24H22BrFN4O3/c1-23(2,3)33-22(32)29-12-24(13-29)17-6-7-27-10-19(17)30(21(24)31)11-18-20(25)16-5-4-15(26)8-14(16)9-28-18/h4-10H,11-13H2,1-3H3. The Morgan fingerprint density at radius 1 is 1.24 bits per heavy atom. The molecule has 0 radical (unpaired) electrons. The maximum atomic E-state index is 13.7. The number of nitrogens with zero attached hydrogens (tertiary/aromatic N) is 4. The Balaban J connectivity index is 1.45. The van der Waals surface area contributed by atoms with Gasteiger partial charge in [-0.05, 0) is 65.8 Å². The normalized spacial score (nSPS) is 16.8. The molecule has 2 aliphatic rings. The molecule has 7 nitrogen and oxygen atoms in total. The Morgan fingerprint density at radius 3 is 2.73 bits per heavy atom. The second-order valence-corrected chi connectivity index (χ2v) is 10.2. The van der Waals surface area contributed by atoms with Crippen LogP contribution in [0.4, 0.5) is 14.9 Å². The first-order valence-electron chi connectivity index (χ1n) is 10.6. The van der Waals surface area contributed by atoms with Gasteiger partial charge >= 0.3 is 6.09 Å². The van der Waals surface area contributed by atoms with E-state index in [1.165, 1.54) is 12.1 Å². The molecule has 2 amide bonds. The van der Waals surface area contributed by atoms with E-state index in [-0.39, 0.29) is 31.4 Å². The van der Waals surface area contributed by atoms with Crippen molar-refractivity contribution < 1.29 is 18.7 Å². The van der Waals surface area contributed by atoms with Crippen LogP contribution < -0.4 is 4.90 Å². The largest absolute Gasteiger partial charge is 0.444 e. The molecule has 170 valence electrons. The molecule has 2 aliphatic heterocycles. The van der Waals surface area contributed by atoms with Crippen molar-refractivity contribution in [3.63, 3.8) is 0 Å². The molecule has 33 heavy (non-hydrogen) atoms. The van der Waals surface area contributed by atoms with Crippen LogP contribution in [0.25, 0.3) is 10.8 Å². The molecule has 1 spiro atoms. The molecule has 0 N–H and O–H groups in total. The van der Waals surface area contributed by atoms with Crippen molar-refractivity contribution in [3.05, 3.63) is 64.4 Å². The van der Waals surface area contributed by atoms with E-state index in [0.717, 1.165) is 10.9 Å². The highest BCUT2D eigenvalue weighted by Crippen LogP contribution is 2.48. The Morgan fingerprint density at radius 2 is 2.00 bits per heavy atom. The van der Waals surface area contributed by atoms with Gasteiger partial charge in [-0.3, -0.25) is 14.8 Å². The molecule has 0 saturated carbocycles. The Labute approximate surface area is 198 Å². The Bertz CT molecular complexity index is 1300. The van der Waals surface area contributed by atoms with E-state index in [1.807, 2.05) is 26.8 Å². The molecule has 3 aromatic rings. The van der Waals surface area contributed by atoms with Gasteiger partial charge in [0.25, 0.3) is 0 Å². The van der Waals surface area contributed by atoms with E-state index in [2.05, 4.69) is 25.9 Å². The van der Waals surface area contributed by atoms with E-state index < -0.39 is 17.1 Å². The first kappa shape index (κ1) is 21.8. The van der Waals surface area contributed by atoms with Crippen LogP contribution in [0, 0.1) is 5.82 Å². The van der Waals surface area contributed by atoms with Crippen molar-refractivity contribution in [1.82, 2.24) is 14.9 Å². The predicted molar refractivity (Wildman–Crippen MR) is 124 cm³/mol. The van der Waals surface area contributed by atoms with Crippen LogP contribution in [0.1, 0.15) is 32.0 Å². The first-order valence-corrected chi connectivity index (χ1v) is 11.4. The molecule has 9 heteroatoms. The minimum absolute atomic E-state index is 0.0989. The summed E-state index contributed by atoms with van der Waals surface area (Å²) in [7, 11) is 0. The van der Waals surface area contributed by atoms with E-state index in [0.29, 0.717) is 21.2 Å². The van der Waals surface area contributed by atoms with E-state index >= 15 is 0 Å². The number of pyridine rings is 2. The number of carbonyl (C=O) groups excluding carboxylic acids is 2. The van der Waals surface area contributed by atoms with E-state index in [9.17, 15) is 14.0 Å². The fourth-order valence-electron chi connectivity index (χ4n) is 4.47. The Kier molecular flexibility index (Phi) is 4.93. The van der Waals surface area contributed by atoms with Crippen molar-refractivity contribution in [2.45, 2.75) is 38.3 Å². The summed E-state index contributed by atoms with van der Waals surface area (Å²) in [6.07, 6.45) is 4.50. The van der Waals surface area contributed by atoms with Gasteiger partial charge in [-0.1, -0.05) is 6.07 Å². The molecule has 0 atom stereocenters. The third kappa shape index (κ3) is 3.55. The number of aromatic nitrogens is 2. The lowest BCUT2D eigenvalue weighted by Crippen LogP contribution is -2.65. The van der Waals surface area contributed by atoms with Crippen LogP contribution in [-0.4, -0.2) is 45.6 Å². The van der Waals surface area contributed by atoms with Gasteiger partial charge in [0.05, 0.1) is 24.1 Å². The molecule has 1 fully saturated rings. The molecule has 0 aliphatic carbocycles. The second kappa shape index (κ2) is 7.48. The fourth-order valence-corrected chi connectivity index (χ4v) is 5.06. The van der Waals surface area contributed by atoms with E-state index in [4.69, 9.17) is 4.74 Å². The van der Waals surface area contributed by atoms with Gasteiger partial charge in [0, 0.05) is 35.3 Å². The van der Waals surface area contributed by atoms with Crippen LogP contribution in [0.3, 0.4) is 0 Å². The number of halogens is 2. The smallest absolute Gasteiger partial charge is 0.410 e. The van der Waals surface area contributed by atoms with Crippen LogP contribution >= 0.6 is 15.9 Å². The highest BCUT2D eigenvalue weighted by molar-refractivity contribution is 9.10. The maximum Gasteiger partial charge on any atom is 0.410 e. The summed E-state index contributed by atoms with van der Waals surface area (Å²) < 4.78 is 19.8. The van der Waals surface area contributed by atoms with Crippen LogP contribution in [0.15, 0.2) is 47.3 Å². The van der Waals surface area contributed by atoms with Crippen molar-refractivity contribution in [3.8, 4) is 0 Å². The number of anilines is 1. The third-order valence-corrected chi connectivity index (χ3v) is 6.89. The van der Waals surface area contributed by atoms with Crippen molar-refractivity contribution in [1.29, 1.82) is 0 Å². The molecule has 4 heterocycles. The molecular formula is C24H22BrFN4O3. The third-order valence-electron chi connectivity index (χ3n) is 6.00. The number of amides is 2. The molecule has 1 aromatic carbocycles. The van der Waals surface area contributed by atoms with Gasteiger partial charge in [-0.25, -0.2) is 9.18 Å². The van der Waals surface area contributed by atoms with Crippen LogP contribution in [0.2, 0.25) is 0 Å². The highest BCUT2D eigenvalue weighted by atomic mass is 79.9. The maximum absolute atomic E-state index is 13.7. The summed E-state index contributed by atoms with van der Waals surface area (Å²) in [4.78, 5) is 38.1. The van der Waals surface area contributed by atoms with E-state index in [1.54, 1.807) is 34.5 Å². The zero-order valence-electron chi connectivity index (χ0n) is 18.4. The molecule has 0 bridgehead atoms. The van der Waals surface area contributed by atoms with Gasteiger partial charge in [0.1, 0.15) is 16.8 Å². The summed E-state index contributed by atoms with van der Waals surface area (Å²) in [5.41, 5.74) is 0.782. The number of rotatable bonds is 2. The van der Waals surface area contributed by atoms with Crippen LogP contribution in [-0.2, 0) is 21.5 Å². The molecule has 1 saturated heterocycles. The highest BCUT2D eigenvalue weighted by Gasteiger charge is 2.60. The summed E-state index contributed by atoms with van der Waals surface area (Å²) in [6.45, 7) is 6.16. The number of likely N-dealkylation sites (tertiary alicyclic amines) is 1. The predicted octanol–water partition coefficient (Wildman–Crippen LogP) is 4.57. The zero-order valence-corrected chi connectivity index (χ0v) is 20.0. The minimum atomic E-state index is -0.818. The molecular weight excluding hydrogens is 491 g/mol. The number of fused-ring (bicyclic) bond motifs is 3. The summed E-state index contributed by atoms with van der Waals surface area (Å²) >= 11 is 3.58. The minimum Gasteiger partial charge on any atom is -0.444 e. The lowest BCUT2D eigenvalue weighted by atomic mass is 9.75. The number of hydrogen-bond acceptors (Lipinski definition) is 5. The number of carbonyl (C=O) groups is 2. The zero-order chi connectivity index (χ0) is 23.5. The summed E-state index contributed by atoms with van der Waals surface area (Å²) in [5, 5.41) is 1.48. The van der Waals surface area contributed by atoms with Crippen molar-refractivity contribution in [2.75, 3.05) is 18.0 Å². The lowest BCUT2D eigenvalue weighted by Gasteiger charge is -2.46. The Hall–Kier alpha value is -3.07. The topological polar surface area (TPSA) is 75.6 Å². The molecule has 5 rings (SSSR count). The number of ether oxygens (including phenoxy) is 1. The monoisotopic (exact) mass is 512 g/mol. The van der Waals surface area contributed by atoms with Gasteiger partial charge in [-0.2, -0.15) is 0 Å². The summed E-state index contributed by atoms with van der Waals surface area (Å²) in [5.74, 6) is -0.432. The second-order valence-electron chi connectivity index (χ2n) is 9.45. The van der Waals surface area contributed by atoms with Gasteiger partial charge in [0.2, 0.25) is 5.91 Å². The van der Waals surface area contributed by atoms with Crippen LogP contribution in [0.5, 0.6) is 0 Å². The van der Waals surface area contributed by atoms with Gasteiger partial charge < -0.3 is 14.5 Å². The SMILES string of the molecule is CC(C)(C)OC(=O)N1CC2(C1)C(=O)N(Cc1ncc3cc(F)ccc3c1Br)c1cnccc12. The first-order chi connectivity index (χ1) is 15.6. The molecule has 0 unspecified atom stereocenters. The average Bonchev–Trinajstić information content (AvgIpc) is 2.96.